The molecule has 0 aliphatic rings. The Hall–Kier alpha value is -4.71. The average molecular weight is 478 g/mol. The molecular weight excluding hydrogens is 450 g/mol. The molecule has 0 saturated heterocycles. The third-order valence-corrected chi connectivity index (χ3v) is 5.55. The van der Waals surface area contributed by atoms with E-state index in [1.807, 2.05) is 72.8 Å². The van der Waals surface area contributed by atoms with Crippen molar-refractivity contribution in [3.63, 3.8) is 0 Å². The maximum atomic E-state index is 11.4. The molecule has 0 radical (unpaired) electrons. The van der Waals surface area contributed by atoms with E-state index in [0.717, 1.165) is 50.4 Å². The summed E-state index contributed by atoms with van der Waals surface area (Å²) in [6, 6.07) is 29.5. The molecule has 6 nitrogen and oxygen atoms in total. The molecule has 0 saturated carbocycles. The lowest BCUT2D eigenvalue weighted by molar-refractivity contribution is -0.115. The van der Waals surface area contributed by atoms with Crippen LogP contribution in [0.1, 0.15) is 20.8 Å². The molecule has 4 aromatic carbocycles. The highest BCUT2D eigenvalue weighted by Gasteiger charge is 2.09. The van der Waals surface area contributed by atoms with Crippen LogP contribution in [0.2, 0.25) is 0 Å². The van der Waals surface area contributed by atoms with E-state index in [1.165, 1.54) is 20.8 Å². The van der Waals surface area contributed by atoms with Crippen molar-refractivity contribution < 1.29 is 14.4 Å². The molecule has 0 aromatic heterocycles. The Morgan fingerprint density at radius 2 is 0.611 bits per heavy atom. The van der Waals surface area contributed by atoms with Crippen LogP contribution in [0.5, 0.6) is 0 Å². The van der Waals surface area contributed by atoms with Gasteiger partial charge in [-0.05, 0) is 88.0 Å². The van der Waals surface area contributed by atoms with Crippen LogP contribution in [-0.2, 0) is 14.4 Å². The zero-order chi connectivity index (χ0) is 25.7. The lowest BCUT2D eigenvalue weighted by atomic mass is 9.93. The fraction of sp³-hybridized carbons (Fsp3) is 0.100. The minimum absolute atomic E-state index is 0.113. The standard InChI is InChI=1S/C30H27N3O3/c1-19(34)31-28-10-4-22(5-11-28)25-16-26(23-6-12-29(13-7-23)32-20(2)35)18-27(17-25)24-8-14-30(15-9-24)33-21(3)36/h4-18H,1-3H3,(H,31,34)(H,32,35)(H,33,36). The second kappa shape index (κ2) is 10.7. The van der Waals surface area contributed by atoms with Crippen LogP contribution in [0, 0.1) is 0 Å². The van der Waals surface area contributed by atoms with Crippen LogP contribution in [0.3, 0.4) is 0 Å². The van der Waals surface area contributed by atoms with Gasteiger partial charge >= 0.3 is 0 Å². The monoisotopic (exact) mass is 477 g/mol. The van der Waals surface area contributed by atoms with E-state index in [-0.39, 0.29) is 17.7 Å². The second-order valence-electron chi connectivity index (χ2n) is 8.57. The summed E-state index contributed by atoms with van der Waals surface area (Å²) in [5.74, 6) is -0.340. The third kappa shape index (κ3) is 6.24. The quantitative estimate of drug-likeness (QED) is 0.294. The summed E-state index contributed by atoms with van der Waals surface area (Å²) in [5, 5.41) is 8.39. The Labute approximate surface area is 210 Å². The minimum atomic E-state index is -0.113. The highest BCUT2D eigenvalue weighted by molar-refractivity contribution is 5.91. The number of carbonyl (C=O) groups is 3. The maximum Gasteiger partial charge on any atom is 0.221 e. The van der Waals surface area contributed by atoms with Gasteiger partial charge in [0.15, 0.2) is 0 Å². The van der Waals surface area contributed by atoms with Crippen molar-refractivity contribution in [2.45, 2.75) is 20.8 Å². The molecule has 0 heterocycles. The molecule has 0 aliphatic heterocycles. The van der Waals surface area contributed by atoms with Gasteiger partial charge in [0.25, 0.3) is 0 Å². The average Bonchev–Trinajstić information content (AvgIpc) is 2.84. The zero-order valence-corrected chi connectivity index (χ0v) is 20.4. The fourth-order valence-corrected chi connectivity index (χ4v) is 3.98. The number of rotatable bonds is 6. The van der Waals surface area contributed by atoms with E-state index < -0.39 is 0 Å². The van der Waals surface area contributed by atoms with Gasteiger partial charge in [0.05, 0.1) is 0 Å². The molecule has 4 aromatic rings. The van der Waals surface area contributed by atoms with Crippen molar-refractivity contribution in [3.05, 3.63) is 91.0 Å². The first-order chi connectivity index (χ1) is 17.3. The van der Waals surface area contributed by atoms with Crippen LogP contribution in [-0.4, -0.2) is 17.7 Å². The van der Waals surface area contributed by atoms with Crippen LogP contribution in [0.15, 0.2) is 91.0 Å². The van der Waals surface area contributed by atoms with E-state index in [0.29, 0.717) is 0 Å². The Morgan fingerprint density at radius 1 is 0.389 bits per heavy atom. The van der Waals surface area contributed by atoms with E-state index in [2.05, 4.69) is 34.1 Å². The Bertz CT molecular complexity index is 1220. The first-order valence-corrected chi connectivity index (χ1v) is 11.6. The van der Waals surface area contributed by atoms with E-state index in [1.54, 1.807) is 0 Å². The van der Waals surface area contributed by atoms with E-state index >= 15 is 0 Å². The van der Waals surface area contributed by atoms with Crippen molar-refractivity contribution in [1.29, 1.82) is 0 Å². The molecule has 6 heteroatoms. The number of anilines is 3. The normalized spacial score (nSPS) is 10.4. The van der Waals surface area contributed by atoms with Crippen LogP contribution >= 0.6 is 0 Å². The van der Waals surface area contributed by atoms with Crippen molar-refractivity contribution in [3.8, 4) is 33.4 Å². The molecule has 0 fully saturated rings. The lowest BCUT2D eigenvalue weighted by Gasteiger charge is -2.13. The number of nitrogens with one attached hydrogen (secondary N) is 3. The van der Waals surface area contributed by atoms with Gasteiger partial charge < -0.3 is 16.0 Å². The van der Waals surface area contributed by atoms with Crippen molar-refractivity contribution in [2.75, 3.05) is 16.0 Å². The second-order valence-corrected chi connectivity index (χ2v) is 8.57. The van der Waals surface area contributed by atoms with Crippen molar-refractivity contribution >= 4 is 34.8 Å². The predicted octanol–water partition coefficient (Wildman–Crippen LogP) is 6.56. The first kappa shape index (κ1) is 24.4. The number of carbonyl (C=O) groups excluding carboxylic acids is 3. The van der Waals surface area contributed by atoms with Crippen LogP contribution < -0.4 is 16.0 Å². The van der Waals surface area contributed by atoms with Gasteiger partial charge in [-0.25, -0.2) is 0 Å². The van der Waals surface area contributed by atoms with Gasteiger partial charge in [0.2, 0.25) is 17.7 Å². The molecule has 180 valence electrons. The van der Waals surface area contributed by atoms with Crippen molar-refractivity contribution in [2.24, 2.45) is 0 Å². The van der Waals surface area contributed by atoms with E-state index in [9.17, 15) is 14.4 Å². The van der Waals surface area contributed by atoms with Crippen LogP contribution in [0.25, 0.3) is 33.4 Å². The minimum Gasteiger partial charge on any atom is -0.326 e. The van der Waals surface area contributed by atoms with Gasteiger partial charge in [-0.15, -0.1) is 0 Å². The Balaban J connectivity index is 1.76. The maximum absolute atomic E-state index is 11.4. The predicted molar refractivity (Wildman–Crippen MR) is 146 cm³/mol. The molecule has 0 bridgehead atoms. The Kier molecular flexibility index (Phi) is 7.25. The molecule has 3 N–H and O–H groups in total. The molecule has 0 aliphatic carbocycles. The van der Waals surface area contributed by atoms with Gasteiger partial charge in [-0.1, -0.05) is 36.4 Å². The number of amides is 3. The zero-order valence-electron chi connectivity index (χ0n) is 20.4. The van der Waals surface area contributed by atoms with Gasteiger partial charge in [0.1, 0.15) is 0 Å². The smallest absolute Gasteiger partial charge is 0.221 e. The molecule has 0 unspecified atom stereocenters. The SMILES string of the molecule is CC(=O)Nc1ccc(-c2cc(-c3ccc(NC(C)=O)cc3)cc(-c3ccc(NC(C)=O)cc3)c2)cc1. The summed E-state index contributed by atoms with van der Waals surface area (Å²) in [7, 11) is 0. The molecule has 3 amide bonds. The number of benzene rings is 4. The summed E-state index contributed by atoms with van der Waals surface area (Å²) >= 11 is 0. The molecule has 0 spiro atoms. The van der Waals surface area contributed by atoms with Crippen molar-refractivity contribution in [1.82, 2.24) is 0 Å². The van der Waals surface area contributed by atoms with Gasteiger partial charge in [-0.2, -0.15) is 0 Å². The molecular formula is C30H27N3O3. The summed E-state index contributed by atoms with van der Waals surface area (Å²) in [6.07, 6.45) is 0. The summed E-state index contributed by atoms with van der Waals surface area (Å²) in [6.45, 7) is 4.45. The number of hydrogen-bond donors (Lipinski definition) is 3. The van der Waals surface area contributed by atoms with Gasteiger partial charge in [0, 0.05) is 37.8 Å². The topological polar surface area (TPSA) is 87.3 Å². The lowest BCUT2D eigenvalue weighted by Crippen LogP contribution is -2.05. The molecule has 36 heavy (non-hydrogen) atoms. The summed E-state index contributed by atoms with van der Waals surface area (Å²) in [5.41, 5.74) is 8.32. The Morgan fingerprint density at radius 3 is 0.806 bits per heavy atom. The van der Waals surface area contributed by atoms with E-state index in [4.69, 9.17) is 0 Å². The van der Waals surface area contributed by atoms with Gasteiger partial charge in [-0.3, -0.25) is 14.4 Å². The first-order valence-electron chi connectivity index (χ1n) is 11.6. The summed E-state index contributed by atoms with van der Waals surface area (Å²) < 4.78 is 0. The number of hydrogen-bond acceptors (Lipinski definition) is 3. The molecule has 0 atom stereocenters. The fourth-order valence-electron chi connectivity index (χ4n) is 3.98. The highest BCUT2D eigenvalue weighted by Crippen LogP contribution is 2.34. The summed E-state index contributed by atoms with van der Waals surface area (Å²) in [4.78, 5) is 34.1. The third-order valence-electron chi connectivity index (χ3n) is 5.55. The molecule has 4 rings (SSSR count). The highest BCUT2D eigenvalue weighted by atomic mass is 16.2. The largest absolute Gasteiger partial charge is 0.326 e. The van der Waals surface area contributed by atoms with Crippen LogP contribution in [0.4, 0.5) is 17.1 Å².